The van der Waals surface area contributed by atoms with Crippen LogP contribution in [0.15, 0.2) is 24.4 Å². The van der Waals surface area contributed by atoms with Crippen molar-refractivity contribution >= 4 is 5.91 Å². The van der Waals surface area contributed by atoms with Crippen molar-refractivity contribution in [2.75, 3.05) is 6.54 Å². The number of nitrogens with one attached hydrogen (secondary N) is 2. The highest BCUT2D eigenvalue weighted by Gasteiger charge is 2.30. The lowest BCUT2D eigenvalue weighted by Gasteiger charge is -2.14. The molecule has 1 aliphatic heterocycles. The number of hydrogen-bond acceptors (Lipinski definition) is 5. The van der Waals surface area contributed by atoms with Crippen LogP contribution in [0, 0.1) is 19.7 Å². The van der Waals surface area contributed by atoms with Gasteiger partial charge >= 0.3 is 0 Å². The van der Waals surface area contributed by atoms with E-state index in [1.807, 2.05) is 19.9 Å². The van der Waals surface area contributed by atoms with Crippen molar-refractivity contribution in [3.05, 3.63) is 58.6 Å². The van der Waals surface area contributed by atoms with Gasteiger partial charge in [0.1, 0.15) is 23.4 Å². The molecule has 0 radical (unpaired) electrons. The van der Waals surface area contributed by atoms with E-state index >= 15 is 0 Å². The fourth-order valence-corrected chi connectivity index (χ4v) is 3.83. The maximum atomic E-state index is 14.3. The number of ether oxygens (including phenoxy) is 1. The lowest BCUT2D eigenvalue weighted by atomic mass is 10.0. The quantitative estimate of drug-likeness (QED) is 0.677. The van der Waals surface area contributed by atoms with Crippen LogP contribution in [0.1, 0.15) is 51.9 Å². The zero-order chi connectivity index (χ0) is 20.8. The molecule has 1 atom stereocenters. The molecule has 3 heterocycles. The second kappa shape index (κ2) is 7.19. The Morgan fingerprint density at radius 3 is 2.93 bits per heavy atom. The van der Waals surface area contributed by atoms with E-state index in [0.717, 1.165) is 29.8 Å². The predicted molar refractivity (Wildman–Crippen MR) is 108 cm³/mol. The second-order valence-electron chi connectivity index (χ2n) is 8.02. The predicted octanol–water partition coefficient (Wildman–Crippen LogP) is 3.23. The number of fused-ring (bicyclic) bond motifs is 1. The molecule has 2 aliphatic rings. The number of amides is 1. The van der Waals surface area contributed by atoms with E-state index in [-0.39, 0.29) is 17.8 Å². The Labute approximate surface area is 173 Å². The van der Waals surface area contributed by atoms with Gasteiger partial charge in [-0.3, -0.25) is 14.9 Å². The van der Waals surface area contributed by atoms with E-state index in [9.17, 15) is 9.18 Å². The molecule has 1 unspecified atom stereocenters. The van der Waals surface area contributed by atoms with Gasteiger partial charge in [-0.25, -0.2) is 9.37 Å². The molecule has 2 N–H and O–H groups in total. The first-order chi connectivity index (χ1) is 14.5. The monoisotopic (exact) mass is 407 g/mol. The van der Waals surface area contributed by atoms with Crippen LogP contribution in [0.25, 0.3) is 11.3 Å². The van der Waals surface area contributed by atoms with Crippen molar-refractivity contribution in [3.63, 3.8) is 0 Å². The molecule has 0 saturated heterocycles. The van der Waals surface area contributed by atoms with Crippen LogP contribution >= 0.6 is 0 Å². The number of rotatable bonds is 5. The molecule has 7 nitrogen and oxygen atoms in total. The van der Waals surface area contributed by atoms with Crippen molar-refractivity contribution in [2.24, 2.45) is 0 Å². The number of carbonyl (C=O) groups excluding carboxylic acids is 1. The number of aromatic nitrogens is 4. The molecule has 8 heteroatoms. The molecule has 0 bridgehead atoms. The van der Waals surface area contributed by atoms with E-state index < -0.39 is 0 Å². The van der Waals surface area contributed by atoms with E-state index in [0.29, 0.717) is 47.3 Å². The standard InChI is InChI=1S/C22H22FN5O2/c1-11-9-24-12(2)20(26-11)17-7-15(23)5-14-6-16(30-21(14)17)10-25-22(29)19-8-18(27-28-19)13-3-4-13/h5,7-9,13,16H,3-4,6,10H2,1-2H3,(H,25,29)(H,27,28). The first-order valence-electron chi connectivity index (χ1n) is 10.1. The Hall–Kier alpha value is -3.29. The van der Waals surface area contributed by atoms with Crippen molar-refractivity contribution in [2.45, 2.75) is 45.1 Å². The summed E-state index contributed by atoms with van der Waals surface area (Å²) in [6, 6.07) is 4.72. The lowest BCUT2D eigenvalue weighted by Crippen LogP contribution is -2.34. The van der Waals surface area contributed by atoms with Crippen molar-refractivity contribution in [3.8, 4) is 17.0 Å². The average Bonchev–Trinajstić information content (AvgIpc) is 3.30. The zero-order valence-electron chi connectivity index (χ0n) is 16.8. The van der Waals surface area contributed by atoms with Gasteiger partial charge in [0, 0.05) is 35.4 Å². The smallest absolute Gasteiger partial charge is 0.271 e. The number of aromatic amines is 1. The van der Waals surface area contributed by atoms with Crippen molar-refractivity contribution in [1.29, 1.82) is 0 Å². The summed E-state index contributed by atoms with van der Waals surface area (Å²) in [7, 11) is 0. The van der Waals surface area contributed by atoms with E-state index in [1.54, 1.807) is 6.20 Å². The lowest BCUT2D eigenvalue weighted by molar-refractivity contribution is 0.0928. The summed E-state index contributed by atoms with van der Waals surface area (Å²) in [6.45, 7) is 3.99. The highest BCUT2D eigenvalue weighted by atomic mass is 19.1. The summed E-state index contributed by atoms with van der Waals surface area (Å²) in [5, 5.41) is 9.91. The van der Waals surface area contributed by atoms with Crippen LogP contribution in [-0.4, -0.2) is 38.7 Å². The number of hydrogen-bond donors (Lipinski definition) is 2. The molecular formula is C22H22FN5O2. The van der Waals surface area contributed by atoms with Crippen LogP contribution in [-0.2, 0) is 6.42 Å². The van der Waals surface area contributed by atoms with Gasteiger partial charge in [0.05, 0.1) is 23.6 Å². The number of nitrogens with zero attached hydrogens (tertiary/aromatic N) is 3. The largest absolute Gasteiger partial charge is 0.487 e. The molecular weight excluding hydrogens is 385 g/mol. The Bertz CT molecular complexity index is 1140. The van der Waals surface area contributed by atoms with Gasteiger partial charge in [-0.2, -0.15) is 5.10 Å². The summed E-state index contributed by atoms with van der Waals surface area (Å²) < 4.78 is 20.4. The highest BCUT2D eigenvalue weighted by molar-refractivity contribution is 5.92. The van der Waals surface area contributed by atoms with Gasteiger partial charge in [-0.15, -0.1) is 0 Å². The minimum atomic E-state index is -0.344. The molecule has 2 aromatic heterocycles. The van der Waals surface area contributed by atoms with Gasteiger partial charge in [0.25, 0.3) is 5.91 Å². The Kier molecular flexibility index (Phi) is 4.49. The fraction of sp³-hybridized carbons (Fsp3) is 0.364. The van der Waals surface area contributed by atoms with Gasteiger partial charge in [-0.05, 0) is 44.9 Å². The minimum Gasteiger partial charge on any atom is -0.487 e. The molecule has 3 aromatic rings. The zero-order valence-corrected chi connectivity index (χ0v) is 16.8. The number of H-pyrrole nitrogens is 1. The first kappa shape index (κ1) is 18.7. The Morgan fingerprint density at radius 2 is 2.13 bits per heavy atom. The molecule has 1 aliphatic carbocycles. The van der Waals surface area contributed by atoms with E-state index in [1.165, 1.54) is 12.1 Å². The SMILES string of the molecule is Cc1cnc(C)c(-c2cc(F)cc3c2OC(CNC(=O)c2cc(C4CC4)[nH]n2)C3)n1. The van der Waals surface area contributed by atoms with Gasteiger partial charge in [0.2, 0.25) is 0 Å². The summed E-state index contributed by atoms with van der Waals surface area (Å²) in [5.74, 6) is 0.524. The molecule has 0 spiro atoms. The number of benzene rings is 1. The third kappa shape index (κ3) is 3.53. The maximum absolute atomic E-state index is 14.3. The highest BCUT2D eigenvalue weighted by Crippen LogP contribution is 2.40. The van der Waals surface area contributed by atoms with E-state index in [2.05, 4.69) is 25.5 Å². The van der Waals surface area contributed by atoms with Crippen LogP contribution in [0.2, 0.25) is 0 Å². The van der Waals surface area contributed by atoms with Crippen molar-refractivity contribution in [1.82, 2.24) is 25.5 Å². The van der Waals surface area contributed by atoms with Gasteiger partial charge < -0.3 is 10.1 Å². The van der Waals surface area contributed by atoms with Crippen LogP contribution in [0.4, 0.5) is 4.39 Å². The van der Waals surface area contributed by atoms with Gasteiger partial charge in [0.15, 0.2) is 0 Å². The Morgan fingerprint density at radius 1 is 1.30 bits per heavy atom. The van der Waals surface area contributed by atoms with Crippen LogP contribution in [0.5, 0.6) is 5.75 Å². The molecule has 154 valence electrons. The topological polar surface area (TPSA) is 92.8 Å². The number of carbonyl (C=O) groups is 1. The van der Waals surface area contributed by atoms with Crippen LogP contribution in [0.3, 0.4) is 0 Å². The van der Waals surface area contributed by atoms with E-state index in [4.69, 9.17) is 4.74 Å². The first-order valence-corrected chi connectivity index (χ1v) is 10.1. The molecule has 1 fully saturated rings. The molecule has 1 amide bonds. The molecule has 30 heavy (non-hydrogen) atoms. The summed E-state index contributed by atoms with van der Waals surface area (Å²) in [5.41, 5.74) is 4.82. The number of aryl methyl sites for hydroxylation is 2. The summed E-state index contributed by atoms with van der Waals surface area (Å²) >= 11 is 0. The average molecular weight is 407 g/mol. The third-order valence-corrected chi connectivity index (χ3v) is 5.53. The third-order valence-electron chi connectivity index (χ3n) is 5.53. The number of halogens is 1. The summed E-state index contributed by atoms with van der Waals surface area (Å²) in [4.78, 5) is 21.3. The van der Waals surface area contributed by atoms with Gasteiger partial charge in [-0.1, -0.05) is 0 Å². The minimum absolute atomic E-state index is 0.246. The van der Waals surface area contributed by atoms with Crippen LogP contribution < -0.4 is 10.1 Å². The molecule has 1 saturated carbocycles. The summed E-state index contributed by atoms with van der Waals surface area (Å²) in [6.07, 6.45) is 4.18. The normalized spacial score (nSPS) is 17.5. The fourth-order valence-electron chi connectivity index (χ4n) is 3.83. The Balaban J connectivity index is 1.32. The molecule has 5 rings (SSSR count). The second-order valence-corrected chi connectivity index (χ2v) is 8.02. The maximum Gasteiger partial charge on any atom is 0.271 e. The van der Waals surface area contributed by atoms with Crippen molar-refractivity contribution < 1.29 is 13.9 Å². The molecule has 1 aromatic carbocycles.